The van der Waals surface area contributed by atoms with Crippen molar-refractivity contribution in [3.8, 4) is 5.82 Å². The Labute approximate surface area is 129 Å². The lowest BCUT2D eigenvalue weighted by atomic mass is 10.2. The monoisotopic (exact) mass is 300 g/mol. The largest absolute Gasteiger partial charge is 0.375 e. The molecule has 1 fully saturated rings. The summed E-state index contributed by atoms with van der Waals surface area (Å²) in [7, 11) is 0. The van der Waals surface area contributed by atoms with Crippen molar-refractivity contribution in [2.45, 2.75) is 26.9 Å². The van der Waals surface area contributed by atoms with Gasteiger partial charge in [0.2, 0.25) is 0 Å². The molecule has 6 nitrogen and oxygen atoms in total. The standard InChI is InChI=1S/C16H20N4O2/c1-11-8-12(2)20(18-11)15-5-4-14(9-17-15)16(21)19-6-7-22-13(3)10-19/h4-5,8-9,13H,6-7,10H2,1-3H3/t13-/m0/s1. The van der Waals surface area contributed by atoms with Gasteiger partial charge in [0.05, 0.1) is 24.0 Å². The van der Waals surface area contributed by atoms with E-state index in [4.69, 9.17) is 4.74 Å². The highest BCUT2D eigenvalue weighted by atomic mass is 16.5. The summed E-state index contributed by atoms with van der Waals surface area (Å²) in [5.74, 6) is 0.722. The number of aryl methyl sites for hydroxylation is 2. The summed E-state index contributed by atoms with van der Waals surface area (Å²) in [6, 6.07) is 5.63. The van der Waals surface area contributed by atoms with Gasteiger partial charge >= 0.3 is 0 Å². The maximum absolute atomic E-state index is 12.5. The molecule has 0 radical (unpaired) electrons. The van der Waals surface area contributed by atoms with Crippen LogP contribution in [-0.2, 0) is 4.74 Å². The van der Waals surface area contributed by atoms with E-state index in [1.54, 1.807) is 16.9 Å². The maximum atomic E-state index is 12.5. The molecule has 2 aromatic rings. The first-order chi connectivity index (χ1) is 10.5. The van der Waals surface area contributed by atoms with Gasteiger partial charge < -0.3 is 9.64 Å². The van der Waals surface area contributed by atoms with Crippen molar-refractivity contribution in [2.24, 2.45) is 0 Å². The second kappa shape index (κ2) is 5.88. The molecule has 0 spiro atoms. The topological polar surface area (TPSA) is 60.2 Å². The van der Waals surface area contributed by atoms with Gasteiger partial charge in [-0.3, -0.25) is 4.79 Å². The molecule has 0 bridgehead atoms. The van der Waals surface area contributed by atoms with Crippen LogP contribution in [0, 0.1) is 13.8 Å². The molecule has 1 amide bonds. The molecular weight excluding hydrogens is 280 g/mol. The lowest BCUT2D eigenvalue weighted by Crippen LogP contribution is -2.44. The van der Waals surface area contributed by atoms with E-state index in [2.05, 4.69) is 10.1 Å². The van der Waals surface area contributed by atoms with E-state index in [0.29, 0.717) is 25.3 Å². The molecule has 0 N–H and O–H groups in total. The van der Waals surface area contributed by atoms with Gasteiger partial charge in [-0.05, 0) is 39.0 Å². The van der Waals surface area contributed by atoms with Crippen LogP contribution in [0.1, 0.15) is 28.7 Å². The Hall–Kier alpha value is -2.21. The number of aromatic nitrogens is 3. The molecule has 6 heteroatoms. The first kappa shape index (κ1) is 14.7. The number of nitrogens with zero attached hydrogens (tertiary/aromatic N) is 4. The Morgan fingerprint density at radius 1 is 1.36 bits per heavy atom. The molecule has 1 atom stereocenters. The molecule has 2 aromatic heterocycles. The summed E-state index contributed by atoms with van der Waals surface area (Å²) in [5, 5.41) is 4.40. The van der Waals surface area contributed by atoms with Crippen molar-refractivity contribution in [1.29, 1.82) is 0 Å². The summed E-state index contributed by atoms with van der Waals surface area (Å²) in [6.45, 7) is 7.74. The molecule has 1 aliphatic heterocycles. The third-order valence-electron chi connectivity index (χ3n) is 3.75. The molecule has 0 unspecified atom stereocenters. The minimum atomic E-state index is 0.00238. The summed E-state index contributed by atoms with van der Waals surface area (Å²) in [5.41, 5.74) is 2.56. The average molecular weight is 300 g/mol. The molecule has 1 saturated heterocycles. The first-order valence-electron chi connectivity index (χ1n) is 7.45. The van der Waals surface area contributed by atoms with Gasteiger partial charge in [0.15, 0.2) is 5.82 Å². The third-order valence-corrected chi connectivity index (χ3v) is 3.75. The van der Waals surface area contributed by atoms with Gasteiger partial charge in [-0.15, -0.1) is 0 Å². The minimum absolute atomic E-state index is 0.00238. The van der Waals surface area contributed by atoms with Crippen molar-refractivity contribution in [3.63, 3.8) is 0 Å². The van der Waals surface area contributed by atoms with Crippen molar-refractivity contribution in [1.82, 2.24) is 19.7 Å². The van der Waals surface area contributed by atoms with Crippen LogP contribution in [0.3, 0.4) is 0 Å². The highest BCUT2D eigenvalue weighted by molar-refractivity contribution is 5.94. The van der Waals surface area contributed by atoms with Crippen molar-refractivity contribution in [3.05, 3.63) is 41.3 Å². The van der Waals surface area contributed by atoms with Gasteiger partial charge in [-0.2, -0.15) is 5.10 Å². The maximum Gasteiger partial charge on any atom is 0.255 e. The molecule has 22 heavy (non-hydrogen) atoms. The molecule has 0 saturated carbocycles. The lowest BCUT2D eigenvalue weighted by Gasteiger charge is -2.31. The molecular formula is C16H20N4O2. The molecule has 3 rings (SSSR count). The number of rotatable bonds is 2. The van der Waals surface area contributed by atoms with Crippen LogP contribution >= 0.6 is 0 Å². The summed E-state index contributed by atoms with van der Waals surface area (Å²) >= 11 is 0. The second-order valence-corrected chi connectivity index (χ2v) is 5.68. The van der Waals surface area contributed by atoms with E-state index >= 15 is 0 Å². The zero-order valence-electron chi connectivity index (χ0n) is 13.1. The van der Waals surface area contributed by atoms with Crippen LogP contribution in [0.15, 0.2) is 24.4 Å². The fourth-order valence-electron chi connectivity index (χ4n) is 2.68. The fraction of sp³-hybridized carbons (Fsp3) is 0.438. The van der Waals surface area contributed by atoms with Crippen LogP contribution < -0.4 is 0 Å². The van der Waals surface area contributed by atoms with Gasteiger partial charge in [-0.25, -0.2) is 9.67 Å². The quantitative estimate of drug-likeness (QED) is 0.847. The van der Waals surface area contributed by atoms with Crippen molar-refractivity contribution >= 4 is 5.91 Å². The lowest BCUT2D eigenvalue weighted by molar-refractivity contribution is -0.0124. The first-order valence-corrected chi connectivity index (χ1v) is 7.45. The van der Waals surface area contributed by atoms with E-state index in [9.17, 15) is 4.79 Å². The number of pyridine rings is 1. The van der Waals surface area contributed by atoms with Crippen LogP contribution in [0.25, 0.3) is 5.82 Å². The summed E-state index contributed by atoms with van der Waals surface area (Å²) in [4.78, 5) is 18.7. The number of hydrogen-bond donors (Lipinski definition) is 0. The van der Waals surface area contributed by atoms with Crippen LogP contribution in [0.5, 0.6) is 0 Å². The SMILES string of the molecule is Cc1cc(C)n(-c2ccc(C(=O)N3CCO[C@@H](C)C3)cn2)n1. The number of morpholine rings is 1. The normalized spacial score (nSPS) is 18.5. The number of carbonyl (C=O) groups is 1. The fourth-order valence-corrected chi connectivity index (χ4v) is 2.68. The van der Waals surface area contributed by atoms with Gasteiger partial charge in [0.1, 0.15) is 0 Å². The highest BCUT2D eigenvalue weighted by Gasteiger charge is 2.22. The van der Waals surface area contributed by atoms with Gasteiger partial charge in [-0.1, -0.05) is 0 Å². The second-order valence-electron chi connectivity index (χ2n) is 5.68. The van der Waals surface area contributed by atoms with E-state index in [1.165, 1.54) is 0 Å². The van der Waals surface area contributed by atoms with E-state index in [0.717, 1.165) is 17.2 Å². The zero-order valence-corrected chi connectivity index (χ0v) is 13.1. The predicted octanol–water partition coefficient (Wildman–Crippen LogP) is 1.75. The van der Waals surface area contributed by atoms with E-state index in [1.807, 2.05) is 37.8 Å². The molecule has 0 aromatic carbocycles. The number of hydrogen-bond acceptors (Lipinski definition) is 4. The Kier molecular flexibility index (Phi) is 3.94. The average Bonchev–Trinajstić information content (AvgIpc) is 2.85. The molecule has 1 aliphatic rings. The smallest absolute Gasteiger partial charge is 0.255 e. The van der Waals surface area contributed by atoms with Crippen LogP contribution in [-0.4, -0.2) is 51.4 Å². The predicted molar refractivity (Wildman–Crippen MR) is 82.2 cm³/mol. The molecule has 3 heterocycles. The Morgan fingerprint density at radius 3 is 2.77 bits per heavy atom. The number of ether oxygens (including phenoxy) is 1. The number of carbonyl (C=O) groups excluding carboxylic acids is 1. The third kappa shape index (κ3) is 2.87. The Balaban J connectivity index is 1.79. The van der Waals surface area contributed by atoms with E-state index in [-0.39, 0.29) is 12.0 Å². The molecule has 116 valence electrons. The molecule has 0 aliphatic carbocycles. The van der Waals surface area contributed by atoms with Crippen LogP contribution in [0.4, 0.5) is 0 Å². The van der Waals surface area contributed by atoms with Gasteiger partial charge in [0.25, 0.3) is 5.91 Å². The Bertz CT molecular complexity index is 678. The number of amides is 1. The summed E-state index contributed by atoms with van der Waals surface area (Å²) < 4.78 is 7.24. The highest BCUT2D eigenvalue weighted by Crippen LogP contribution is 2.13. The van der Waals surface area contributed by atoms with Crippen molar-refractivity contribution in [2.75, 3.05) is 19.7 Å². The van der Waals surface area contributed by atoms with E-state index < -0.39 is 0 Å². The summed E-state index contributed by atoms with van der Waals surface area (Å²) in [6.07, 6.45) is 1.70. The zero-order chi connectivity index (χ0) is 15.7. The van der Waals surface area contributed by atoms with Crippen molar-refractivity contribution < 1.29 is 9.53 Å². The Morgan fingerprint density at radius 2 is 2.18 bits per heavy atom. The van der Waals surface area contributed by atoms with Gasteiger partial charge in [0, 0.05) is 25.0 Å². The minimum Gasteiger partial charge on any atom is -0.375 e. The van der Waals surface area contributed by atoms with Crippen LogP contribution in [0.2, 0.25) is 0 Å².